The Labute approximate surface area is 100 Å². The predicted octanol–water partition coefficient (Wildman–Crippen LogP) is 2.22. The maximum atomic E-state index is 12.0. The molecule has 1 aliphatic heterocycles. The van der Waals surface area contributed by atoms with Crippen LogP contribution >= 0.6 is 0 Å². The van der Waals surface area contributed by atoms with E-state index in [0.717, 1.165) is 5.56 Å². The van der Waals surface area contributed by atoms with Crippen molar-refractivity contribution in [1.82, 2.24) is 0 Å². The van der Waals surface area contributed by atoms with E-state index in [-0.39, 0.29) is 23.9 Å². The highest BCUT2D eigenvalue weighted by molar-refractivity contribution is 6.25. The molecule has 1 aromatic rings. The third-order valence-electron chi connectivity index (χ3n) is 2.75. The van der Waals surface area contributed by atoms with Crippen LogP contribution in [0, 0.1) is 5.92 Å². The summed E-state index contributed by atoms with van der Waals surface area (Å²) in [6.07, 6.45) is 0. The zero-order valence-corrected chi connectivity index (χ0v) is 9.90. The summed E-state index contributed by atoms with van der Waals surface area (Å²) in [5.74, 6) is -0.844. The number of hydrogen-bond donors (Lipinski definition) is 0. The van der Waals surface area contributed by atoms with Gasteiger partial charge in [0.15, 0.2) is 5.78 Å². The second-order valence-corrected chi connectivity index (χ2v) is 4.31. The number of carbonyl (C=O) groups excluding carboxylic acids is 2. The number of ketones is 1. The smallest absolute Gasteiger partial charge is 0.342 e. The molecule has 1 aromatic carbocycles. The quantitative estimate of drug-likeness (QED) is 0.590. The molecule has 3 heteroatoms. The average Bonchev–Trinajstić information content (AvgIpc) is 2.71. The van der Waals surface area contributed by atoms with Gasteiger partial charge in [0.2, 0.25) is 0 Å². The van der Waals surface area contributed by atoms with E-state index in [0.29, 0.717) is 5.57 Å². The summed E-state index contributed by atoms with van der Waals surface area (Å²) in [7, 11) is 0. The second-order valence-electron chi connectivity index (χ2n) is 4.31. The highest BCUT2D eigenvalue weighted by atomic mass is 16.5. The van der Waals surface area contributed by atoms with Gasteiger partial charge in [-0.1, -0.05) is 44.2 Å². The fraction of sp³-hybridized carbons (Fsp3) is 0.286. The van der Waals surface area contributed by atoms with E-state index in [9.17, 15) is 9.59 Å². The molecular weight excluding hydrogens is 216 g/mol. The summed E-state index contributed by atoms with van der Waals surface area (Å²) in [5.41, 5.74) is 1.79. The largest absolute Gasteiger partial charge is 0.457 e. The summed E-state index contributed by atoms with van der Waals surface area (Å²) in [6, 6.07) is 9.41. The molecule has 17 heavy (non-hydrogen) atoms. The van der Waals surface area contributed by atoms with Crippen LogP contribution < -0.4 is 0 Å². The molecule has 0 unspecified atom stereocenters. The number of ether oxygens (including phenoxy) is 1. The molecule has 0 spiro atoms. The highest BCUT2D eigenvalue weighted by Crippen LogP contribution is 2.27. The van der Waals surface area contributed by atoms with Crippen LogP contribution in [-0.2, 0) is 14.3 Å². The summed E-state index contributed by atoms with van der Waals surface area (Å²) < 4.78 is 4.97. The topological polar surface area (TPSA) is 43.4 Å². The highest BCUT2D eigenvalue weighted by Gasteiger charge is 2.32. The van der Waals surface area contributed by atoms with Gasteiger partial charge in [0.1, 0.15) is 12.2 Å². The van der Waals surface area contributed by atoms with Crippen molar-refractivity contribution in [3.05, 3.63) is 41.5 Å². The first-order chi connectivity index (χ1) is 8.11. The van der Waals surface area contributed by atoms with Crippen molar-refractivity contribution in [1.29, 1.82) is 0 Å². The van der Waals surface area contributed by atoms with Crippen molar-refractivity contribution in [2.24, 2.45) is 5.92 Å². The van der Waals surface area contributed by atoms with Gasteiger partial charge in [-0.15, -0.1) is 0 Å². The molecule has 0 aromatic heterocycles. The lowest BCUT2D eigenvalue weighted by Crippen LogP contribution is -2.16. The average molecular weight is 230 g/mol. The van der Waals surface area contributed by atoms with Gasteiger partial charge in [-0.25, -0.2) is 4.79 Å². The van der Waals surface area contributed by atoms with Gasteiger partial charge in [-0.2, -0.15) is 0 Å². The Morgan fingerprint density at radius 2 is 1.88 bits per heavy atom. The normalized spacial score (nSPS) is 15.4. The number of cyclic esters (lactones) is 1. The van der Waals surface area contributed by atoms with Crippen molar-refractivity contribution < 1.29 is 14.3 Å². The number of Topliss-reactive ketones (excluding diaryl/α,β-unsaturated/α-hetero) is 1. The Bertz CT molecular complexity index is 483. The SMILES string of the molecule is CC(C)C(=O)C1=C(c2ccccc2)COC1=O. The first-order valence-electron chi connectivity index (χ1n) is 5.61. The molecule has 88 valence electrons. The Hall–Kier alpha value is -1.90. The van der Waals surface area contributed by atoms with Crippen LogP contribution in [0.15, 0.2) is 35.9 Å². The van der Waals surface area contributed by atoms with Crippen molar-refractivity contribution in [2.75, 3.05) is 6.61 Å². The fourth-order valence-corrected chi connectivity index (χ4v) is 1.81. The first-order valence-corrected chi connectivity index (χ1v) is 5.61. The van der Waals surface area contributed by atoms with E-state index < -0.39 is 5.97 Å². The predicted molar refractivity (Wildman–Crippen MR) is 64.2 cm³/mol. The van der Waals surface area contributed by atoms with Crippen LogP contribution in [-0.4, -0.2) is 18.4 Å². The van der Waals surface area contributed by atoms with Gasteiger partial charge in [0.25, 0.3) is 0 Å². The third-order valence-corrected chi connectivity index (χ3v) is 2.75. The number of benzene rings is 1. The van der Waals surface area contributed by atoms with Gasteiger partial charge in [0, 0.05) is 11.5 Å². The Balaban J connectivity index is 2.49. The minimum atomic E-state index is -0.498. The van der Waals surface area contributed by atoms with E-state index in [2.05, 4.69) is 0 Å². The van der Waals surface area contributed by atoms with E-state index >= 15 is 0 Å². The van der Waals surface area contributed by atoms with Gasteiger partial charge < -0.3 is 4.74 Å². The van der Waals surface area contributed by atoms with Crippen LogP contribution in [0.25, 0.3) is 5.57 Å². The summed E-state index contributed by atoms with van der Waals surface area (Å²) in [5, 5.41) is 0. The van der Waals surface area contributed by atoms with Crippen molar-refractivity contribution in [3.8, 4) is 0 Å². The summed E-state index contributed by atoms with van der Waals surface area (Å²) >= 11 is 0. The van der Waals surface area contributed by atoms with Crippen molar-refractivity contribution in [3.63, 3.8) is 0 Å². The van der Waals surface area contributed by atoms with Crippen molar-refractivity contribution >= 4 is 17.3 Å². The lowest BCUT2D eigenvalue weighted by atomic mass is 9.94. The van der Waals surface area contributed by atoms with Crippen LogP contribution in [0.1, 0.15) is 19.4 Å². The molecule has 0 bridgehead atoms. The van der Waals surface area contributed by atoms with Crippen molar-refractivity contribution in [2.45, 2.75) is 13.8 Å². The number of esters is 1. The molecule has 0 fully saturated rings. The van der Waals surface area contributed by atoms with E-state index in [1.54, 1.807) is 13.8 Å². The fourth-order valence-electron chi connectivity index (χ4n) is 1.81. The summed E-state index contributed by atoms with van der Waals surface area (Å²) in [4.78, 5) is 23.6. The number of hydrogen-bond acceptors (Lipinski definition) is 3. The molecule has 0 radical (unpaired) electrons. The van der Waals surface area contributed by atoms with Gasteiger partial charge in [-0.05, 0) is 5.56 Å². The molecule has 0 atom stereocenters. The molecular formula is C14H14O3. The standard InChI is InChI=1S/C14H14O3/c1-9(2)13(15)12-11(8-17-14(12)16)10-6-4-3-5-7-10/h3-7,9H,8H2,1-2H3. The van der Waals surface area contributed by atoms with Crippen LogP contribution in [0.4, 0.5) is 0 Å². The molecule has 2 rings (SSSR count). The lowest BCUT2D eigenvalue weighted by molar-refractivity contribution is -0.137. The Morgan fingerprint density at radius 3 is 2.47 bits per heavy atom. The Morgan fingerprint density at radius 1 is 1.24 bits per heavy atom. The molecule has 0 N–H and O–H groups in total. The van der Waals surface area contributed by atoms with E-state index in [1.807, 2.05) is 30.3 Å². The van der Waals surface area contributed by atoms with Crippen LogP contribution in [0.3, 0.4) is 0 Å². The molecule has 1 aliphatic rings. The van der Waals surface area contributed by atoms with E-state index in [1.165, 1.54) is 0 Å². The third kappa shape index (κ3) is 2.13. The maximum absolute atomic E-state index is 12.0. The number of rotatable bonds is 3. The Kier molecular flexibility index (Phi) is 3.09. The molecule has 0 saturated heterocycles. The zero-order valence-electron chi connectivity index (χ0n) is 9.90. The van der Waals surface area contributed by atoms with Gasteiger partial charge in [0.05, 0.1) is 0 Å². The molecule has 0 saturated carbocycles. The lowest BCUT2D eigenvalue weighted by Gasteiger charge is -2.05. The summed E-state index contributed by atoms with van der Waals surface area (Å²) in [6.45, 7) is 3.75. The monoisotopic (exact) mass is 230 g/mol. The maximum Gasteiger partial charge on any atom is 0.342 e. The molecule has 3 nitrogen and oxygen atoms in total. The van der Waals surface area contributed by atoms with Gasteiger partial charge in [-0.3, -0.25) is 4.79 Å². The zero-order chi connectivity index (χ0) is 12.4. The first kappa shape index (κ1) is 11.6. The minimum Gasteiger partial charge on any atom is -0.457 e. The molecule has 0 aliphatic carbocycles. The second kappa shape index (κ2) is 4.53. The minimum absolute atomic E-state index is 0.147. The van der Waals surface area contributed by atoms with Gasteiger partial charge >= 0.3 is 5.97 Å². The number of carbonyl (C=O) groups is 2. The van der Waals surface area contributed by atoms with Crippen LogP contribution in [0.5, 0.6) is 0 Å². The van der Waals surface area contributed by atoms with E-state index in [4.69, 9.17) is 4.74 Å². The molecule has 0 amide bonds. The van der Waals surface area contributed by atoms with Crippen LogP contribution in [0.2, 0.25) is 0 Å². The molecule has 1 heterocycles.